The van der Waals surface area contributed by atoms with E-state index in [0.29, 0.717) is 6.54 Å². The highest BCUT2D eigenvalue weighted by Gasteiger charge is 1.95. The Balaban J connectivity index is 0.000000845. The van der Waals surface area contributed by atoms with Crippen LogP contribution >= 0.6 is 24.0 Å². The second kappa shape index (κ2) is 4.58. The third-order valence-corrected chi connectivity index (χ3v) is 2.10. The fourth-order valence-corrected chi connectivity index (χ4v) is 1.47. The molecule has 13 heavy (non-hydrogen) atoms. The van der Waals surface area contributed by atoms with Gasteiger partial charge in [0, 0.05) is 6.54 Å². The van der Waals surface area contributed by atoms with Gasteiger partial charge in [-0.3, -0.25) is 0 Å². The Labute approximate surface area is 95.0 Å². The maximum Gasteiger partial charge on any atom is 0.0184 e. The van der Waals surface area contributed by atoms with Crippen LogP contribution in [0.4, 0.5) is 0 Å². The van der Waals surface area contributed by atoms with E-state index in [4.69, 9.17) is 5.73 Å². The van der Waals surface area contributed by atoms with Gasteiger partial charge in [-0.05, 0) is 16.3 Å². The van der Waals surface area contributed by atoms with Crippen molar-refractivity contribution in [2.24, 2.45) is 5.73 Å². The van der Waals surface area contributed by atoms with Crippen LogP contribution in [0, 0.1) is 0 Å². The Morgan fingerprint density at radius 3 is 2.38 bits per heavy atom. The molecule has 0 aliphatic carbocycles. The van der Waals surface area contributed by atoms with Crippen LogP contribution in [-0.4, -0.2) is 0 Å². The van der Waals surface area contributed by atoms with Crippen molar-refractivity contribution in [3.05, 3.63) is 48.0 Å². The molecule has 0 saturated heterocycles. The van der Waals surface area contributed by atoms with Crippen molar-refractivity contribution in [3.8, 4) is 0 Å². The number of nitrogens with two attached hydrogens (primary N) is 1. The van der Waals surface area contributed by atoms with Gasteiger partial charge < -0.3 is 5.73 Å². The first-order valence-electron chi connectivity index (χ1n) is 4.08. The third-order valence-electron chi connectivity index (χ3n) is 2.10. The summed E-state index contributed by atoms with van der Waals surface area (Å²) in [5.41, 5.74) is 6.83. The number of benzene rings is 2. The molecule has 0 radical (unpaired) electrons. The minimum atomic E-state index is 0. The molecule has 2 heteroatoms. The molecule has 0 bridgehead atoms. The van der Waals surface area contributed by atoms with Crippen molar-refractivity contribution in [1.82, 2.24) is 0 Å². The molecular formula is C11H12IN. The maximum absolute atomic E-state index is 5.62. The van der Waals surface area contributed by atoms with Gasteiger partial charge in [0.2, 0.25) is 0 Å². The molecule has 1 nitrogen and oxygen atoms in total. The van der Waals surface area contributed by atoms with Crippen molar-refractivity contribution < 1.29 is 0 Å². The molecule has 0 aromatic heterocycles. The van der Waals surface area contributed by atoms with E-state index in [9.17, 15) is 0 Å². The van der Waals surface area contributed by atoms with E-state index in [-0.39, 0.29) is 24.0 Å². The van der Waals surface area contributed by atoms with Gasteiger partial charge in [-0.25, -0.2) is 0 Å². The summed E-state index contributed by atoms with van der Waals surface area (Å²) in [6, 6.07) is 14.5. The molecule has 0 spiro atoms. The summed E-state index contributed by atoms with van der Waals surface area (Å²) in [7, 11) is 0. The first-order valence-corrected chi connectivity index (χ1v) is 4.08. The summed E-state index contributed by atoms with van der Waals surface area (Å²) >= 11 is 0. The predicted octanol–water partition coefficient (Wildman–Crippen LogP) is 2.92. The molecule has 0 fully saturated rings. The van der Waals surface area contributed by atoms with E-state index >= 15 is 0 Å². The highest BCUT2D eigenvalue weighted by molar-refractivity contribution is 14.0. The monoisotopic (exact) mass is 285 g/mol. The van der Waals surface area contributed by atoms with Crippen LogP contribution in [0.25, 0.3) is 10.8 Å². The normalized spacial score (nSPS) is 9.62. The Morgan fingerprint density at radius 2 is 1.62 bits per heavy atom. The SMILES string of the molecule is I.NCc1cccc2ccccc12. The number of hydrogen-bond acceptors (Lipinski definition) is 1. The van der Waals surface area contributed by atoms with Gasteiger partial charge in [-0.1, -0.05) is 42.5 Å². The Bertz CT molecular complexity index is 393. The highest BCUT2D eigenvalue weighted by Crippen LogP contribution is 2.17. The second-order valence-corrected chi connectivity index (χ2v) is 2.84. The van der Waals surface area contributed by atoms with Crippen LogP contribution in [0.15, 0.2) is 42.5 Å². The number of rotatable bonds is 1. The lowest BCUT2D eigenvalue weighted by molar-refractivity contribution is 1.09. The standard InChI is InChI=1S/C11H11N.HI/c12-8-10-6-3-5-9-4-1-2-7-11(9)10;/h1-7H,8,12H2;1H. The molecule has 0 unspecified atom stereocenters. The fourth-order valence-electron chi connectivity index (χ4n) is 1.47. The van der Waals surface area contributed by atoms with Crippen molar-refractivity contribution in [1.29, 1.82) is 0 Å². The van der Waals surface area contributed by atoms with Gasteiger partial charge in [-0.15, -0.1) is 24.0 Å². The predicted molar refractivity (Wildman–Crippen MR) is 67.3 cm³/mol. The van der Waals surface area contributed by atoms with E-state index < -0.39 is 0 Å². The Kier molecular flexibility index (Phi) is 3.69. The largest absolute Gasteiger partial charge is 0.326 e. The zero-order chi connectivity index (χ0) is 8.39. The fraction of sp³-hybridized carbons (Fsp3) is 0.0909. The summed E-state index contributed by atoms with van der Waals surface area (Å²) in [6.45, 7) is 0.612. The van der Waals surface area contributed by atoms with E-state index in [2.05, 4.69) is 24.3 Å². The van der Waals surface area contributed by atoms with Gasteiger partial charge in [0.15, 0.2) is 0 Å². The van der Waals surface area contributed by atoms with Crippen molar-refractivity contribution >= 4 is 34.7 Å². The molecule has 0 aliphatic rings. The van der Waals surface area contributed by atoms with Gasteiger partial charge in [0.1, 0.15) is 0 Å². The molecule has 0 aliphatic heterocycles. The molecule has 0 amide bonds. The second-order valence-electron chi connectivity index (χ2n) is 2.84. The van der Waals surface area contributed by atoms with Crippen LogP contribution in [0.2, 0.25) is 0 Å². The van der Waals surface area contributed by atoms with Crippen LogP contribution in [0.3, 0.4) is 0 Å². The van der Waals surface area contributed by atoms with Crippen LogP contribution in [0.1, 0.15) is 5.56 Å². The minimum Gasteiger partial charge on any atom is -0.326 e. The number of halogens is 1. The third kappa shape index (κ3) is 2.00. The van der Waals surface area contributed by atoms with Crippen molar-refractivity contribution in [2.75, 3.05) is 0 Å². The molecule has 2 N–H and O–H groups in total. The Morgan fingerprint density at radius 1 is 0.923 bits per heavy atom. The maximum atomic E-state index is 5.62. The lowest BCUT2D eigenvalue weighted by Crippen LogP contribution is -1.96. The quantitative estimate of drug-likeness (QED) is 0.801. The lowest BCUT2D eigenvalue weighted by atomic mass is 10.1. The molecule has 2 rings (SSSR count). The molecule has 0 saturated carbocycles. The molecule has 68 valence electrons. The van der Waals surface area contributed by atoms with Crippen molar-refractivity contribution in [2.45, 2.75) is 6.54 Å². The van der Waals surface area contributed by atoms with E-state index in [1.807, 2.05) is 18.2 Å². The van der Waals surface area contributed by atoms with Crippen LogP contribution < -0.4 is 5.73 Å². The van der Waals surface area contributed by atoms with E-state index in [0.717, 1.165) is 0 Å². The first-order chi connectivity index (χ1) is 5.92. The summed E-state index contributed by atoms with van der Waals surface area (Å²) in [4.78, 5) is 0. The van der Waals surface area contributed by atoms with E-state index in [1.165, 1.54) is 16.3 Å². The average Bonchev–Trinajstić information content (AvgIpc) is 2.17. The lowest BCUT2D eigenvalue weighted by Gasteiger charge is -2.02. The van der Waals surface area contributed by atoms with Gasteiger partial charge in [-0.2, -0.15) is 0 Å². The zero-order valence-corrected chi connectivity index (χ0v) is 9.56. The summed E-state index contributed by atoms with van der Waals surface area (Å²) < 4.78 is 0. The van der Waals surface area contributed by atoms with Gasteiger partial charge in [0.25, 0.3) is 0 Å². The molecule has 0 heterocycles. The smallest absolute Gasteiger partial charge is 0.0184 e. The van der Waals surface area contributed by atoms with Gasteiger partial charge in [0.05, 0.1) is 0 Å². The Hall–Kier alpha value is -0.610. The molecule has 2 aromatic carbocycles. The van der Waals surface area contributed by atoms with Crippen LogP contribution in [-0.2, 0) is 6.54 Å². The summed E-state index contributed by atoms with van der Waals surface area (Å²) in [5, 5.41) is 2.53. The molecule has 0 atom stereocenters. The summed E-state index contributed by atoms with van der Waals surface area (Å²) in [6.07, 6.45) is 0. The molecule has 2 aromatic rings. The summed E-state index contributed by atoms with van der Waals surface area (Å²) in [5.74, 6) is 0. The molecular weight excluding hydrogens is 273 g/mol. The topological polar surface area (TPSA) is 26.0 Å². The first kappa shape index (κ1) is 10.5. The minimum absolute atomic E-state index is 0. The van der Waals surface area contributed by atoms with Gasteiger partial charge >= 0.3 is 0 Å². The zero-order valence-electron chi connectivity index (χ0n) is 7.23. The van der Waals surface area contributed by atoms with Crippen molar-refractivity contribution in [3.63, 3.8) is 0 Å². The highest BCUT2D eigenvalue weighted by atomic mass is 127. The van der Waals surface area contributed by atoms with E-state index in [1.54, 1.807) is 0 Å². The number of hydrogen-bond donors (Lipinski definition) is 1. The van der Waals surface area contributed by atoms with Crippen LogP contribution in [0.5, 0.6) is 0 Å². The number of fused-ring (bicyclic) bond motifs is 1. The average molecular weight is 285 g/mol.